The molecule has 0 aliphatic heterocycles. The number of carbonyl (C=O) groups excluding carboxylic acids is 1. The predicted molar refractivity (Wildman–Crippen MR) is 104 cm³/mol. The normalized spacial score (nSPS) is 25.5. The maximum atomic E-state index is 12.3. The standard InChI is InChI=1S/C20H24N4O5/c1-18(2,3)29-17(25)22-20-11-19(20,12-20)16(13-6-5-7-15(8-13)28-4)23-10-14(9-21-23)24(26)27/h5-10,16H,11-12H2,1-4H3,(H,22,25). The zero-order valence-electron chi connectivity index (χ0n) is 16.8. The van der Waals surface area contributed by atoms with Gasteiger partial charge >= 0.3 is 11.8 Å². The van der Waals surface area contributed by atoms with E-state index in [1.165, 1.54) is 12.4 Å². The fourth-order valence-electron chi connectivity index (χ4n) is 4.20. The molecule has 1 atom stereocenters. The highest BCUT2D eigenvalue weighted by Crippen LogP contribution is 2.83. The minimum atomic E-state index is -0.581. The summed E-state index contributed by atoms with van der Waals surface area (Å²) in [7, 11) is 1.59. The van der Waals surface area contributed by atoms with Crippen LogP contribution in [0.3, 0.4) is 0 Å². The van der Waals surface area contributed by atoms with Gasteiger partial charge in [-0.3, -0.25) is 14.8 Å². The van der Waals surface area contributed by atoms with Gasteiger partial charge in [0.2, 0.25) is 0 Å². The minimum Gasteiger partial charge on any atom is -0.497 e. The van der Waals surface area contributed by atoms with Gasteiger partial charge < -0.3 is 14.8 Å². The Labute approximate surface area is 168 Å². The Morgan fingerprint density at radius 3 is 2.69 bits per heavy atom. The van der Waals surface area contributed by atoms with Gasteiger partial charge in [0, 0.05) is 5.41 Å². The van der Waals surface area contributed by atoms with Crippen LogP contribution < -0.4 is 10.1 Å². The van der Waals surface area contributed by atoms with Crippen LogP contribution in [0.1, 0.15) is 45.2 Å². The third-order valence-corrected chi connectivity index (χ3v) is 5.67. The third kappa shape index (κ3) is 3.30. The molecule has 9 nitrogen and oxygen atoms in total. The average molecular weight is 400 g/mol. The number of nitrogens with one attached hydrogen (secondary N) is 1. The monoisotopic (exact) mass is 400 g/mol. The van der Waals surface area contributed by atoms with Crippen LogP contribution in [0.2, 0.25) is 0 Å². The molecule has 4 rings (SSSR count). The van der Waals surface area contributed by atoms with E-state index in [9.17, 15) is 14.9 Å². The zero-order valence-corrected chi connectivity index (χ0v) is 16.8. The second kappa shape index (κ2) is 6.20. The Bertz CT molecular complexity index is 971. The first kappa shape index (κ1) is 19.2. The molecule has 1 heterocycles. The van der Waals surface area contributed by atoms with Crippen LogP contribution in [0.5, 0.6) is 5.75 Å². The third-order valence-electron chi connectivity index (χ3n) is 5.67. The topological polar surface area (TPSA) is 109 Å². The van der Waals surface area contributed by atoms with Crippen LogP contribution in [0.15, 0.2) is 36.7 Å². The largest absolute Gasteiger partial charge is 0.497 e. The number of benzene rings is 1. The van der Waals surface area contributed by atoms with Crippen molar-refractivity contribution in [3.63, 3.8) is 0 Å². The summed E-state index contributed by atoms with van der Waals surface area (Å²) < 4.78 is 12.4. The number of hydrogen-bond acceptors (Lipinski definition) is 6. The van der Waals surface area contributed by atoms with Crippen LogP contribution in [0.4, 0.5) is 10.5 Å². The molecule has 2 aliphatic rings. The molecule has 0 bridgehead atoms. The van der Waals surface area contributed by atoms with E-state index in [-0.39, 0.29) is 22.7 Å². The molecule has 2 aliphatic carbocycles. The van der Waals surface area contributed by atoms with Crippen molar-refractivity contribution >= 4 is 11.8 Å². The van der Waals surface area contributed by atoms with E-state index in [1.807, 2.05) is 45.0 Å². The van der Waals surface area contributed by atoms with E-state index in [0.29, 0.717) is 5.75 Å². The molecule has 0 spiro atoms. The van der Waals surface area contributed by atoms with E-state index in [2.05, 4.69) is 10.4 Å². The Morgan fingerprint density at radius 2 is 2.10 bits per heavy atom. The van der Waals surface area contributed by atoms with Gasteiger partial charge in [-0.25, -0.2) is 4.79 Å². The Morgan fingerprint density at radius 1 is 1.38 bits per heavy atom. The number of amides is 1. The second-order valence-corrected chi connectivity index (χ2v) is 8.83. The summed E-state index contributed by atoms with van der Waals surface area (Å²) in [4.78, 5) is 23.0. The number of rotatable bonds is 6. The van der Waals surface area contributed by atoms with E-state index in [1.54, 1.807) is 11.8 Å². The number of aromatic nitrogens is 2. The van der Waals surface area contributed by atoms with Crippen LogP contribution in [-0.2, 0) is 4.74 Å². The predicted octanol–water partition coefficient (Wildman–Crippen LogP) is 3.45. The molecule has 2 aromatic rings. The lowest BCUT2D eigenvalue weighted by Gasteiger charge is -2.21. The summed E-state index contributed by atoms with van der Waals surface area (Å²) in [6.07, 6.45) is 3.75. The summed E-state index contributed by atoms with van der Waals surface area (Å²) in [5.74, 6) is 0.692. The molecule has 0 saturated heterocycles. The summed E-state index contributed by atoms with van der Waals surface area (Å²) in [5.41, 5.74) is -0.351. The molecule has 1 N–H and O–H groups in total. The first-order valence-corrected chi connectivity index (χ1v) is 9.43. The van der Waals surface area contributed by atoms with Crippen LogP contribution in [0.25, 0.3) is 0 Å². The van der Waals surface area contributed by atoms with Crippen molar-refractivity contribution in [3.05, 3.63) is 52.3 Å². The van der Waals surface area contributed by atoms with Crippen molar-refractivity contribution in [3.8, 4) is 5.75 Å². The molecule has 154 valence electrons. The fourth-order valence-corrected chi connectivity index (χ4v) is 4.20. The van der Waals surface area contributed by atoms with Gasteiger partial charge in [0.25, 0.3) is 0 Å². The molecule has 1 amide bonds. The highest BCUT2D eigenvalue weighted by molar-refractivity contribution is 5.72. The number of nitro groups is 1. The number of carbonyl (C=O) groups is 1. The van der Waals surface area contributed by atoms with Crippen LogP contribution >= 0.6 is 0 Å². The highest BCUT2D eigenvalue weighted by atomic mass is 16.6. The molecule has 29 heavy (non-hydrogen) atoms. The Hall–Kier alpha value is -3.10. The van der Waals surface area contributed by atoms with Crippen LogP contribution in [-0.4, -0.2) is 39.0 Å². The smallest absolute Gasteiger partial charge is 0.408 e. The quantitative estimate of drug-likeness (QED) is 0.588. The zero-order chi connectivity index (χ0) is 21.0. The van der Waals surface area contributed by atoms with Crippen molar-refractivity contribution in [2.45, 2.75) is 50.8 Å². The molecule has 1 aromatic heterocycles. The lowest BCUT2D eigenvalue weighted by molar-refractivity contribution is -0.385. The maximum absolute atomic E-state index is 12.3. The number of nitrogens with zero attached hydrogens (tertiary/aromatic N) is 3. The number of alkyl carbamates (subject to hydrolysis) is 1. The van der Waals surface area contributed by atoms with Gasteiger partial charge in [0.1, 0.15) is 23.7 Å². The fraction of sp³-hybridized carbons (Fsp3) is 0.500. The molecule has 1 unspecified atom stereocenters. The van der Waals surface area contributed by atoms with E-state index in [0.717, 1.165) is 18.4 Å². The molecule has 9 heteroatoms. The Kier molecular flexibility index (Phi) is 4.11. The first-order chi connectivity index (χ1) is 13.6. The van der Waals surface area contributed by atoms with Crippen molar-refractivity contribution in [1.29, 1.82) is 0 Å². The van der Waals surface area contributed by atoms with Crippen LogP contribution in [0, 0.1) is 15.5 Å². The lowest BCUT2D eigenvalue weighted by Crippen LogP contribution is -2.36. The van der Waals surface area contributed by atoms with Gasteiger partial charge in [0.05, 0.1) is 23.6 Å². The molecule has 0 radical (unpaired) electrons. The van der Waals surface area contributed by atoms with E-state index in [4.69, 9.17) is 9.47 Å². The van der Waals surface area contributed by atoms with E-state index < -0.39 is 16.6 Å². The number of fused-ring (bicyclic) bond motifs is 1. The van der Waals surface area contributed by atoms with Crippen molar-refractivity contribution in [2.24, 2.45) is 5.41 Å². The minimum absolute atomic E-state index is 0.0682. The van der Waals surface area contributed by atoms with Gasteiger partial charge in [-0.05, 0) is 51.3 Å². The first-order valence-electron chi connectivity index (χ1n) is 9.43. The average Bonchev–Trinajstić information content (AvgIpc) is 3.28. The summed E-state index contributed by atoms with van der Waals surface area (Å²) in [6.45, 7) is 5.46. The summed E-state index contributed by atoms with van der Waals surface area (Å²) >= 11 is 0. The molecular formula is C20H24N4O5. The number of ether oxygens (including phenoxy) is 2. The maximum Gasteiger partial charge on any atom is 0.408 e. The Balaban J connectivity index is 1.64. The van der Waals surface area contributed by atoms with Crippen molar-refractivity contribution in [1.82, 2.24) is 15.1 Å². The van der Waals surface area contributed by atoms with Gasteiger partial charge in [-0.15, -0.1) is 0 Å². The lowest BCUT2D eigenvalue weighted by atomic mass is 9.96. The molecule has 1 aromatic carbocycles. The SMILES string of the molecule is COc1cccc(C(n2cc([N+](=O)[O-])cn2)C23CC2(NC(=O)OC(C)(C)C)C3)c1. The van der Waals surface area contributed by atoms with E-state index >= 15 is 0 Å². The highest BCUT2D eigenvalue weighted by Gasteiger charge is 2.87. The van der Waals surface area contributed by atoms with Crippen molar-refractivity contribution < 1.29 is 19.2 Å². The van der Waals surface area contributed by atoms with Crippen molar-refractivity contribution in [2.75, 3.05) is 7.11 Å². The second-order valence-electron chi connectivity index (χ2n) is 8.83. The van der Waals surface area contributed by atoms with Gasteiger partial charge in [-0.2, -0.15) is 5.10 Å². The summed E-state index contributed by atoms with van der Waals surface area (Å²) in [5, 5.41) is 18.4. The summed E-state index contributed by atoms with van der Waals surface area (Å²) in [6, 6.07) is 7.31. The molecule has 2 saturated carbocycles. The molecule has 2 fully saturated rings. The molecular weight excluding hydrogens is 376 g/mol. The van der Waals surface area contributed by atoms with Gasteiger partial charge in [0.15, 0.2) is 0 Å². The number of methoxy groups -OCH3 is 1. The number of hydrogen-bond donors (Lipinski definition) is 1. The van der Waals surface area contributed by atoms with Gasteiger partial charge in [-0.1, -0.05) is 12.1 Å².